The average molecular weight is 288 g/mol. The molecule has 1 aliphatic carbocycles. The van der Waals surface area contributed by atoms with E-state index >= 15 is 0 Å². The quantitative estimate of drug-likeness (QED) is 0.906. The van der Waals surface area contributed by atoms with Gasteiger partial charge in [0.25, 0.3) is 0 Å². The molecular weight excluding hydrogens is 268 g/mol. The van der Waals surface area contributed by atoms with Crippen molar-refractivity contribution in [3.05, 3.63) is 29.6 Å². The van der Waals surface area contributed by atoms with Crippen LogP contribution in [0, 0.1) is 5.92 Å². The van der Waals surface area contributed by atoms with Crippen LogP contribution in [-0.4, -0.2) is 31.8 Å². The van der Waals surface area contributed by atoms with Crippen molar-refractivity contribution in [2.75, 3.05) is 0 Å². The second kappa shape index (κ2) is 5.48. The van der Waals surface area contributed by atoms with E-state index < -0.39 is 5.97 Å². The maximum absolute atomic E-state index is 11.5. The zero-order valence-corrected chi connectivity index (χ0v) is 12.1. The van der Waals surface area contributed by atoms with Crippen molar-refractivity contribution in [1.82, 2.24) is 9.55 Å². The summed E-state index contributed by atoms with van der Waals surface area (Å²) in [4.78, 5) is 16.0. The molecule has 1 saturated carbocycles. The van der Waals surface area contributed by atoms with E-state index in [1.807, 2.05) is 17.6 Å². The van der Waals surface area contributed by atoms with E-state index in [4.69, 9.17) is 0 Å². The van der Waals surface area contributed by atoms with Crippen molar-refractivity contribution in [3.8, 4) is 0 Å². The Morgan fingerprint density at radius 2 is 2.24 bits per heavy atom. The fraction of sp³-hybridized carbons (Fsp3) is 0.500. The number of rotatable bonds is 4. The van der Waals surface area contributed by atoms with Gasteiger partial charge in [-0.15, -0.1) is 0 Å². The van der Waals surface area contributed by atoms with E-state index in [0.717, 1.165) is 43.6 Å². The molecule has 0 radical (unpaired) electrons. The number of aliphatic hydroxyl groups is 1. The Bertz CT molecular complexity index is 677. The zero-order valence-electron chi connectivity index (χ0n) is 12.1. The van der Waals surface area contributed by atoms with E-state index in [9.17, 15) is 15.0 Å². The highest BCUT2D eigenvalue weighted by atomic mass is 16.4. The lowest BCUT2D eigenvalue weighted by Crippen LogP contribution is -2.13. The molecule has 0 spiro atoms. The lowest BCUT2D eigenvalue weighted by Gasteiger charge is -2.14. The van der Waals surface area contributed by atoms with E-state index in [1.54, 1.807) is 12.1 Å². The minimum Gasteiger partial charge on any atom is -0.478 e. The third-order valence-corrected chi connectivity index (χ3v) is 4.35. The van der Waals surface area contributed by atoms with Gasteiger partial charge >= 0.3 is 5.97 Å². The van der Waals surface area contributed by atoms with Gasteiger partial charge in [0.1, 0.15) is 5.82 Å². The van der Waals surface area contributed by atoms with Crippen molar-refractivity contribution >= 4 is 17.0 Å². The number of hydrogen-bond donors (Lipinski definition) is 2. The Morgan fingerprint density at radius 3 is 2.86 bits per heavy atom. The van der Waals surface area contributed by atoms with Crippen molar-refractivity contribution in [1.29, 1.82) is 0 Å². The third-order valence-electron chi connectivity index (χ3n) is 4.35. The molecule has 112 valence electrons. The van der Waals surface area contributed by atoms with E-state index in [0.29, 0.717) is 17.0 Å². The topological polar surface area (TPSA) is 75.3 Å². The van der Waals surface area contributed by atoms with Crippen LogP contribution in [0.4, 0.5) is 0 Å². The minimum absolute atomic E-state index is 0.214. The Balaban J connectivity index is 2.08. The molecule has 1 aromatic carbocycles. The summed E-state index contributed by atoms with van der Waals surface area (Å²) in [7, 11) is 0. The van der Waals surface area contributed by atoms with Gasteiger partial charge < -0.3 is 14.8 Å². The van der Waals surface area contributed by atoms with Crippen molar-refractivity contribution in [3.63, 3.8) is 0 Å². The Labute approximate surface area is 123 Å². The lowest BCUT2D eigenvalue weighted by molar-refractivity contribution is 0.0698. The minimum atomic E-state index is -0.921. The number of nitrogens with zero attached hydrogens (tertiary/aromatic N) is 2. The van der Waals surface area contributed by atoms with Crippen LogP contribution < -0.4 is 0 Å². The predicted molar refractivity (Wildman–Crippen MR) is 79.4 cm³/mol. The Morgan fingerprint density at radius 1 is 1.43 bits per heavy atom. The molecule has 1 aromatic heterocycles. The highest BCUT2D eigenvalue weighted by Crippen LogP contribution is 2.30. The van der Waals surface area contributed by atoms with Gasteiger partial charge in [-0.3, -0.25) is 0 Å². The number of carboxylic acid groups (broad SMARTS) is 1. The van der Waals surface area contributed by atoms with Crippen LogP contribution in [0.25, 0.3) is 11.0 Å². The van der Waals surface area contributed by atoms with Crippen LogP contribution in [0.2, 0.25) is 0 Å². The molecule has 0 amide bonds. The number of carbonyl (C=O) groups is 1. The SMILES string of the molecule is CCc1nc2cccc(C(=O)O)c2n1CC1CCC(O)C1. The van der Waals surface area contributed by atoms with Gasteiger partial charge in [-0.05, 0) is 37.3 Å². The molecular formula is C16H20N2O3. The molecule has 1 heterocycles. The first-order valence-electron chi connectivity index (χ1n) is 7.49. The van der Waals surface area contributed by atoms with Crippen molar-refractivity contribution < 1.29 is 15.0 Å². The highest BCUT2D eigenvalue weighted by molar-refractivity contribution is 6.01. The fourth-order valence-corrected chi connectivity index (χ4v) is 3.35. The molecule has 0 bridgehead atoms. The maximum atomic E-state index is 11.5. The molecule has 5 nitrogen and oxygen atoms in total. The summed E-state index contributed by atoms with van der Waals surface area (Å²) < 4.78 is 2.04. The third kappa shape index (κ3) is 2.53. The number of para-hydroxylation sites is 1. The van der Waals surface area contributed by atoms with Gasteiger partial charge in [0.05, 0.1) is 22.7 Å². The summed E-state index contributed by atoms with van der Waals surface area (Å²) in [5.74, 6) is 0.389. The molecule has 0 aliphatic heterocycles. The maximum Gasteiger partial charge on any atom is 0.337 e. The van der Waals surface area contributed by atoms with Gasteiger partial charge in [0, 0.05) is 13.0 Å². The number of hydrogen-bond acceptors (Lipinski definition) is 3. The number of aliphatic hydroxyl groups excluding tert-OH is 1. The number of benzene rings is 1. The summed E-state index contributed by atoms with van der Waals surface area (Å²) in [6.07, 6.45) is 3.17. The van der Waals surface area contributed by atoms with Gasteiger partial charge in [-0.2, -0.15) is 0 Å². The molecule has 2 unspecified atom stereocenters. The summed E-state index contributed by atoms with van der Waals surface area (Å²) in [6, 6.07) is 5.23. The van der Waals surface area contributed by atoms with Crippen molar-refractivity contribution in [2.24, 2.45) is 5.92 Å². The van der Waals surface area contributed by atoms with Crippen LogP contribution >= 0.6 is 0 Å². The number of fused-ring (bicyclic) bond motifs is 1. The number of imidazole rings is 1. The molecule has 21 heavy (non-hydrogen) atoms. The van der Waals surface area contributed by atoms with Gasteiger partial charge in [-0.1, -0.05) is 13.0 Å². The van der Waals surface area contributed by atoms with Gasteiger partial charge in [0.2, 0.25) is 0 Å². The normalized spacial score (nSPS) is 22.0. The molecule has 0 saturated heterocycles. The van der Waals surface area contributed by atoms with Gasteiger partial charge in [-0.25, -0.2) is 9.78 Å². The summed E-state index contributed by atoms with van der Waals surface area (Å²) in [5.41, 5.74) is 1.76. The number of aryl methyl sites for hydroxylation is 1. The first kappa shape index (κ1) is 14.1. The van der Waals surface area contributed by atoms with Crippen LogP contribution in [0.1, 0.15) is 42.4 Å². The summed E-state index contributed by atoms with van der Waals surface area (Å²) in [5, 5.41) is 19.1. The molecule has 1 fully saturated rings. The van der Waals surface area contributed by atoms with E-state index in [2.05, 4.69) is 4.98 Å². The van der Waals surface area contributed by atoms with Crippen LogP contribution in [0.15, 0.2) is 18.2 Å². The second-order valence-corrected chi connectivity index (χ2v) is 5.80. The number of carboxylic acids is 1. The standard InChI is InChI=1S/C16H20N2O3/c1-2-14-17-13-5-3-4-12(16(20)21)15(13)18(14)9-10-6-7-11(19)8-10/h3-5,10-11,19H,2,6-9H2,1H3,(H,20,21). The predicted octanol–water partition coefficient (Wildman–Crippen LogP) is 2.46. The molecule has 2 aromatic rings. The number of aromatic carboxylic acids is 1. The molecule has 5 heteroatoms. The van der Waals surface area contributed by atoms with Crippen LogP contribution in [0.5, 0.6) is 0 Å². The highest BCUT2D eigenvalue weighted by Gasteiger charge is 2.25. The molecule has 2 N–H and O–H groups in total. The first-order chi connectivity index (χ1) is 10.1. The Hall–Kier alpha value is -1.88. The van der Waals surface area contributed by atoms with Crippen molar-refractivity contribution in [2.45, 2.75) is 45.3 Å². The monoisotopic (exact) mass is 288 g/mol. The zero-order chi connectivity index (χ0) is 15.0. The number of aromatic nitrogens is 2. The second-order valence-electron chi connectivity index (χ2n) is 5.80. The first-order valence-corrected chi connectivity index (χ1v) is 7.49. The Kier molecular flexibility index (Phi) is 3.68. The fourth-order valence-electron chi connectivity index (χ4n) is 3.35. The van der Waals surface area contributed by atoms with Gasteiger partial charge in [0.15, 0.2) is 0 Å². The largest absolute Gasteiger partial charge is 0.478 e. The molecule has 1 aliphatic rings. The smallest absolute Gasteiger partial charge is 0.337 e. The lowest BCUT2D eigenvalue weighted by atomic mass is 10.1. The van der Waals surface area contributed by atoms with E-state index in [1.165, 1.54) is 0 Å². The summed E-state index contributed by atoms with van der Waals surface area (Å²) in [6.45, 7) is 2.77. The van der Waals surface area contributed by atoms with Crippen LogP contribution in [0.3, 0.4) is 0 Å². The van der Waals surface area contributed by atoms with E-state index in [-0.39, 0.29) is 6.10 Å². The van der Waals surface area contributed by atoms with Crippen LogP contribution in [-0.2, 0) is 13.0 Å². The molecule has 2 atom stereocenters. The molecule has 3 rings (SSSR count). The average Bonchev–Trinajstić information content (AvgIpc) is 3.03. The summed E-state index contributed by atoms with van der Waals surface area (Å²) >= 11 is 0.